The first-order chi connectivity index (χ1) is 13.5. The number of anilines is 1. The molecule has 1 aromatic carbocycles. The molecule has 2 aromatic rings. The van der Waals surface area contributed by atoms with Crippen LogP contribution in [-0.2, 0) is 11.3 Å². The Morgan fingerprint density at radius 1 is 1.24 bits per heavy atom. The van der Waals surface area contributed by atoms with Gasteiger partial charge in [-0.05, 0) is 32.9 Å². The van der Waals surface area contributed by atoms with Crippen molar-refractivity contribution >= 4 is 47.0 Å². The van der Waals surface area contributed by atoms with Gasteiger partial charge in [-0.15, -0.1) is 35.3 Å². The SMILES string of the molecule is CCNC(=NCC(C)N(C)c1ccccc1)N(C)Cc1csc(C(C)OC)n1.I. The summed E-state index contributed by atoms with van der Waals surface area (Å²) in [6.45, 7) is 8.54. The molecule has 0 aliphatic heterocycles. The number of thiazole rings is 1. The molecule has 0 amide bonds. The van der Waals surface area contributed by atoms with Crippen LogP contribution in [0.2, 0.25) is 0 Å². The third-order valence-electron chi connectivity index (χ3n) is 4.70. The number of hydrogen-bond donors (Lipinski definition) is 1. The van der Waals surface area contributed by atoms with E-state index >= 15 is 0 Å². The zero-order valence-corrected chi connectivity index (χ0v) is 21.4. The highest BCUT2D eigenvalue weighted by Gasteiger charge is 2.14. The second kappa shape index (κ2) is 13.0. The smallest absolute Gasteiger partial charge is 0.194 e. The molecule has 0 fully saturated rings. The molecule has 0 aliphatic carbocycles. The van der Waals surface area contributed by atoms with E-state index in [1.54, 1.807) is 18.4 Å². The maximum absolute atomic E-state index is 5.36. The van der Waals surface area contributed by atoms with Crippen molar-refractivity contribution in [1.82, 2.24) is 15.2 Å². The van der Waals surface area contributed by atoms with Gasteiger partial charge in [-0.25, -0.2) is 4.98 Å². The lowest BCUT2D eigenvalue weighted by Gasteiger charge is -2.27. The number of rotatable bonds is 9. The number of halogens is 1. The van der Waals surface area contributed by atoms with Gasteiger partial charge in [0.25, 0.3) is 0 Å². The number of para-hydroxylation sites is 1. The molecule has 0 radical (unpaired) electrons. The van der Waals surface area contributed by atoms with Crippen LogP contribution in [0.1, 0.15) is 37.6 Å². The molecule has 6 nitrogen and oxygen atoms in total. The fourth-order valence-electron chi connectivity index (χ4n) is 2.73. The van der Waals surface area contributed by atoms with Crippen molar-refractivity contribution in [2.24, 2.45) is 4.99 Å². The molecule has 0 bridgehead atoms. The van der Waals surface area contributed by atoms with E-state index in [4.69, 9.17) is 9.73 Å². The van der Waals surface area contributed by atoms with Crippen LogP contribution >= 0.6 is 35.3 Å². The van der Waals surface area contributed by atoms with Gasteiger partial charge >= 0.3 is 0 Å². The number of guanidine groups is 1. The first kappa shape index (κ1) is 25.6. The van der Waals surface area contributed by atoms with Crippen LogP contribution in [0.4, 0.5) is 5.69 Å². The first-order valence-corrected chi connectivity index (χ1v) is 10.6. The Labute approximate surface area is 196 Å². The van der Waals surface area contributed by atoms with Crippen molar-refractivity contribution in [1.29, 1.82) is 0 Å². The molecular weight excluding hydrogens is 497 g/mol. The Morgan fingerprint density at radius 2 is 1.93 bits per heavy atom. The molecule has 2 rings (SSSR count). The zero-order chi connectivity index (χ0) is 20.5. The minimum Gasteiger partial charge on any atom is -0.375 e. The summed E-state index contributed by atoms with van der Waals surface area (Å²) in [4.78, 5) is 13.9. The number of nitrogens with zero attached hydrogens (tertiary/aromatic N) is 4. The van der Waals surface area contributed by atoms with Crippen LogP contribution < -0.4 is 10.2 Å². The topological polar surface area (TPSA) is 53.0 Å². The van der Waals surface area contributed by atoms with Crippen LogP contribution in [-0.4, -0.2) is 56.2 Å². The monoisotopic (exact) mass is 531 g/mol. The third-order valence-corrected chi connectivity index (χ3v) is 5.75. The van der Waals surface area contributed by atoms with Gasteiger partial charge in [-0.2, -0.15) is 0 Å². The number of aromatic nitrogens is 1. The summed E-state index contributed by atoms with van der Waals surface area (Å²) in [5, 5.41) is 6.49. The molecule has 0 saturated heterocycles. The molecule has 162 valence electrons. The van der Waals surface area contributed by atoms with E-state index < -0.39 is 0 Å². The Morgan fingerprint density at radius 3 is 2.55 bits per heavy atom. The number of ether oxygens (including phenoxy) is 1. The van der Waals surface area contributed by atoms with Gasteiger partial charge < -0.3 is 19.9 Å². The van der Waals surface area contributed by atoms with Gasteiger partial charge in [-0.3, -0.25) is 4.99 Å². The number of benzene rings is 1. The summed E-state index contributed by atoms with van der Waals surface area (Å²) in [6, 6.07) is 10.7. The fraction of sp³-hybridized carbons (Fsp3) is 0.524. The molecule has 0 aliphatic rings. The van der Waals surface area contributed by atoms with Crippen molar-refractivity contribution in [3.05, 3.63) is 46.4 Å². The Hall–Kier alpha value is -1.39. The van der Waals surface area contributed by atoms with Crippen LogP contribution in [0.15, 0.2) is 40.7 Å². The second-order valence-electron chi connectivity index (χ2n) is 6.90. The van der Waals surface area contributed by atoms with E-state index in [2.05, 4.69) is 70.6 Å². The predicted molar refractivity (Wildman–Crippen MR) is 135 cm³/mol. The molecule has 2 unspecified atom stereocenters. The summed E-state index contributed by atoms with van der Waals surface area (Å²) >= 11 is 1.64. The van der Waals surface area contributed by atoms with Crippen molar-refractivity contribution in [3.8, 4) is 0 Å². The average molecular weight is 532 g/mol. The van der Waals surface area contributed by atoms with Gasteiger partial charge in [0.1, 0.15) is 11.1 Å². The lowest BCUT2D eigenvalue weighted by atomic mass is 10.2. The standard InChI is InChI=1S/C21H33N5OS.HI/c1-7-22-21(23-13-16(2)26(5)19-11-9-8-10-12-19)25(4)14-18-15-28-20(24-18)17(3)27-6;/h8-12,15-17H,7,13-14H2,1-6H3,(H,22,23);1H. The van der Waals surface area contributed by atoms with E-state index in [9.17, 15) is 0 Å². The molecule has 29 heavy (non-hydrogen) atoms. The van der Waals surface area contributed by atoms with Crippen LogP contribution in [0, 0.1) is 0 Å². The molecule has 0 saturated carbocycles. The largest absolute Gasteiger partial charge is 0.375 e. The van der Waals surface area contributed by atoms with Gasteiger partial charge in [0.05, 0.1) is 18.8 Å². The van der Waals surface area contributed by atoms with E-state index in [0.717, 1.165) is 23.2 Å². The highest BCUT2D eigenvalue weighted by molar-refractivity contribution is 14.0. The third kappa shape index (κ3) is 7.75. The molecule has 0 spiro atoms. The van der Waals surface area contributed by atoms with Crippen LogP contribution in [0.3, 0.4) is 0 Å². The summed E-state index contributed by atoms with van der Waals surface area (Å²) in [5.41, 5.74) is 2.23. The van der Waals surface area contributed by atoms with E-state index in [-0.39, 0.29) is 36.1 Å². The van der Waals surface area contributed by atoms with Crippen molar-refractivity contribution in [3.63, 3.8) is 0 Å². The van der Waals surface area contributed by atoms with Crippen molar-refractivity contribution in [2.45, 2.75) is 39.5 Å². The van der Waals surface area contributed by atoms with Gasteiger partial charge in [0, 0.05) is 44.9 Å². The maximum Gasteiger partial charge on any atom is 0.194 e. The molecular formula is C21H34IN5OS. The summed E-state index contributed by atoms with van der Waals surface area (Å²) in [7, 11) is 5.87. The zero-order valence-electron chi connectivity index (χ0n) is 18.3. The summed E-state index contributed by atoms with van der Waals surface area (Å²) in [5.74, 6) is 0.894. The quantitative estimate of drug-likeness (QED) is 0.296. The lowest BCUT2D eigenvalue weighted by molar-refractivity contribution is 0.119. The van der Waals surface area contributed by atoms with E-state index in [1.165, 1.54) is 5.69 Å². The van der Waals surface area contributed by atoms with Gasteiger partial charge in [0.15, 0.2) is 5.96 Å². The molecule has 8 heteroatoms. The normalized spacial score (nSPS) is 13.4. The van der Waals surface area contributed by atoms with Crippen LogP contribution in [0.5, 0.6) is 0 Å². The number of hydrogen-bond acceptors (Lipinski definition) is 5. The molecule has 1 heterocycles. The van der Waals surface area contributed by atoms with Gasteiger partial charge in [0.2, 0.25) is 0 Å². The average Bonchev–Trinajstić information content (AvgIpc) is 3.18. The predicted octanol–water partition coefficient (Wildman–Crippen LogP) is 4.39. The highest BCUT2D eigenvalue weighted by Crippen LogP contribution is 2.21. The van der Waals surface area contributed by atoms with E-state index in [1.807, 2.05) is 20.0 Å². The molecule has 1 aromatic heterocycles. The van der Waals surface area contributed by atoms with Gasteiger partial charge in [-0.1, -0.05) is 18.2 Å². The highest BCUT2D eigenvalue weighted by atomic mass is 127. The van der Waals surface area contributed by atoms with Crippen molar-refractivity contribution < 1.29 is 4.74 Å². The summed E-state index contributed by atoms with van der Waals surface area (Å²) < 4.78 is 5.36. The molecule has 2 atom stereocenters. The Bertz CT molecular complexity index is 740. The number of aliphatic imine (C=N–C) groups is 1. The number of nitrogens with one attached hydrogen (secondary N) is 1. The first-order valence-electron chi connectivity index (χ1n) is 9.70. The minimum absolute atomic E-state index is 0. The Kier molecular flexibility index (Phi) is 11.5. The number of likely N-dealkylation sites (N-methyl/N-ethyl adjacent to an activating group) is 1. The lowest BCUT2D eigenvalue weighted by Crippen LogP contribution is -2.40. The Balaban J connectivity index is 0.00000420. The number of methoxy groups -OCH3 is 1. The second-order valence-corrected chi connectivity index (χ2v) is 7.79. The van der Waals surface area contributed by atoms with Crippen molar-refractivity contribution in [2.75, 3.05) is 39.2 Å². The molecule has 1 N–H and O–H groups in total. The minimum atomic E-state index is 0. The maximum atomic E-state index is 5.36. The van der Waals surface area contributed by atoms with E-state index in [0.29, 0.717) is 13.1 Å². The fourth-order valence-corrected chi connectivity index (χ4v) is 3.57. The summed E-state index contributed by atoms with van der Waals surface area (Å²) in [6.07, 6.45) is 0.0281. The van der Waals surface area contributed by atoms with Crippen LogP contribution in [0.25, 0.3) is 0 Å².